The summed E-state index contributed by atoms with van der Waals surface area (Å²) in [5.74, 6) is -0.0552. The summed E-state index contributed by atoms with van der Waals surface area (Å²) in [4.78, 5) is 14.3. The van der Waals surface area contributed by atoms with Crippen molar-refractivity contribution >= 4 is 5.91 Å². The smallest absolute Gasteiger partial charge is 0.337 e. The van der Waals surface area contributed by atoms with E-state index < -0.39 is 11.7 Å². The van der Waals surface area contributed by atoms with Gasteiger partial charge in [-0.3, -0.25) is 4.79 Å². The van der Waals surface area contributed by atoms with Gasteiger partial charge in [0, 0.05) is 31.6 Å². The number of nitrogens with zero attached hydrogens (tertiary/aromatic N) is 1. The van der Waals surface area contributed by atoms with Crippen LogP contribution in [0.2, 0.25) is 0 Å². The van der Waals surface area contributed by atoms with Crippen LogP contribution in [0.15, 0.2) is 24.3 Å². The average Bonchev–Trinajstić information content (AvgIpc) is 2.49. The minimum atomic E-state index is -4.33. The maximum atomic E-state index is 12.6. The summed E-state index contributed by atoms with van der Waals surface area (Å²) in [7, 11) is 0. The van der Waals surface area contributed by atoms with E-state index in [1.54, 1.807) is 0 Å². The Balaban J connectivity index is 2.01. The van der Waals surface area contributed by atoms with E-state index in [9.17, 15) is 18.0 Å². The van der Waals surface area contributed by atoms with Crippen LogP contribution >= 0.6 is 0 Å². The Hall–Kier alpha value is -1.56. The third-order valence-corrected chi connectivity index (χ3v) is 4.64. The van der Waals surface area contributed by atoms with Gasteiger partial charge >= 0.3 is 6.18 Å². The SMILES string of the molecule is CC(CC(=O)N1CCNC(C)C1C)c1ccc(C(F)(F)F)cc1. The van der Waals surface area contributed by atoms with Gasteiger partial charge in [-0.25, -0.2) is 0 Å². The van der Waals surface area contributed by atoms with E-state index in [1.807, 2.05) is 25.7 Å². The highest BCUT2D eigenvalue weighted by Gasteiger charge is 2.31. The lowest BCUT2D eigenvalue weighted by molar-refractivity contribution is -0.138. The number of hydrogen-bond donors (Lipinski definition) is 1. The molecule has 0 spiro atoms. The Morgan fingerprint density at radius 1 is 1.30 bits per heavy atom. The van der Waals surface area contributed by atoms with E-state index in [0.717, 1.165) is 24.2 Å². The van der Waals surface area contributed by atoms with Crippen molar-refractivity contribution in [2.45, 2.75) is 51.4 Å². The molecule has 3 atom stereocenters. The third-order valence-electron chi connectivity index (χ3n) is 4.64. The van der Waals surface area contributed by atoms with Crippen molar-refractivity contribution in [1.82, 2.24) is 10.2 Å². The van der Waals surface area contributed by atoms with E-state index in [2.05, 4.69) is 5.32 Å². The van der Waals surface area contributed by atoms with Gasteiger partial charge in [0.25, 0.3) is 0 Å². The number of alkyl halides is 3. The predicted octanol–water partition coefficient (Wildman–Crippen LogP) is 3.41. The molecule has 3 unspecified atom stereocenters. The van der Waals surface area contributed by atoms with Crippen molar-refractivity contribution in [1.29, 1.82) is 0 Å². The summed E-state index contributed by atoms with van der Waals surface area (Å²) in [6.07, 6.45) is -4.02. The number of amides is 1. The normalized spacial score (nSPS) is 23.7. The van der Waals surface area contributed by atoms with Gasteiger partial charge in [0.1, 0.15) is 0 Å². The number of halogens is 3. The molecule has 0 aromatic heterocycles. The molecule has 1 saturated heterocycles. The summed E-state index contributed by atoms with van der Waals surface area (Å²) in [6.45, 7) is 7.37. The van der Waals surface area contributed by atoms with E-state index in [-0.39, 0.29) is 23.9 Å². The van der Waals surface area contributed by atoms with Crippen LogP contribution in [0.3, 0.4) is 0 Å². The predicted molar refractivity (Wildman–Crippen MR) is 83.1 cm³/mol. The van der Waals surface area contributed by atoms with Crippen molar-refractivity contribution in [2.75, 3.05) is 13.1 Å². The Morgan fingerprint density at radius 3 is 2.48 bits per heavy atom. The van der Waals surface area contributed by atoms with Crippen LogP contribution in [0.25, 0.3) is 0 Å². The summed E-state index contributed by atoms with van der Waals surface area (Å²) in [5.41, 5.74) is 0.0894. The molecule has 2 rings (SSSR count). The number of carbonyl (C=O) groups excluding carboxylic acids is 1. The lowest BCUT2D eigenvalue weighted by Gasteiger charge is -2.39. The van der Waals surface area contributed by atoms with Gasteiger partial charge < -0.3 is 10.2 Å². The summed E-state index contributed by atoms with van der Waals surface area (Å²) in [5, 5.41) is 3.32. The molecular weight excluding hydrogens is 305 g/mol. The maximum absolute atomic E-state index is 12.6. The number of hydrogen-bond acceptors (Lipinski definition) is 2. The average molecular weight is 328 g/mol. The first-order valence-corrected chi connectivity index (χ1v) is 7.90. The fraction of sp³-hybridized carbons (Fsp3) is 0.588. The van der Waals surface area contributed by atoms with Gasteiger partial charge in [0.15, 0.2) is 0 Å². The van der Waals surface area contributed by atoms with Crippen molar-refractivity contribution in [3.8, 4) is 0 Å². The highest BCUT2D eigenvalue weighted by molar-refractivity contribution is 5.77. The highest BCUT2D eigenvalue weighted by Crippen LogP contribution is 2.31. The first-order valence-electron chi connectivity index (χ1n) is 7.90. The van der Waals surface area contributed by atoms with E-state index in [0.29, 0.717) is 13.0 Å². The van der Waals surface area contributed by atoms with Crippen LogP contribution in [-0.2, 0) is 11.0 Å². The molecule has 1 N–H and O–H groups in total. The lowest BCUT2D eigenvalue weighted by Crippen LogP contribution is -2.57. The fourth-order valence-corrected chi connectivity index (χ4v) is 2.91. The quantitative estimate of drug-likeness (QED) is 0.922. The lowest BCUT2D eigenvalue weighted by atomic mass is 9.95. The van der Waals surface area contributed by atoms with Gasteiger partial charge in [-0.05, 0) is 37.5 Å². The van der Waals surface area contributed by atoms with E-state index in [1.165, 1.54) is 12.1 Å². The zero-order valence-electron chi connectivity index (χ0n) is 13.7. The van der Waals surface area contributed by atoms with Crippen LogP contribution in [0, 0.1) is 0 Å². The number of nitrogens with one attached hydrogen (secondary N) is 1. The zero-order chi connectivity index (χ0) is 17.2. The molecule has 128 valence electrons. The molecule has 23 heavy (non-hydrogen) atoms. The molecule has 0 radical (unpaired) electrons. The van der Waals surface area contributed by atoms with Gasteiger partial charge in [0.05, 0.1) is 5.56 Å². The zero-order valence-corrected chi connectivity index (χ0v) is 13.7. The second-order valence-electron chi connectivity index (χ2n) is 6.30. The van der Waals surface area contributed by atoms with Crippen LogP contribution in [0.4, 0.5) is 13.2 Å². The Bertz CT molecular complexity index is 542. The molecule has 1 fully saturated rings. The first kappa shape index (κ1) is 17.8. The minimum absolute atomic E-state index is 0.0539. The van der Waals surface area contributed by atoms with Crippen molar-refractivity contribution < 1.29 is 18.0 Å². The molecule has 0 aliphatic carbocycles. The summed E-state index contributed by atoms with van der Waals surface area (Å²) < 4.78 is 37.8. The fourth-order valence-electron chi connectivity index (χ4n) is 2.91. The number of piperazine rings is 1. The molecule has 0 bridgehead atoms. The Kier molecular flexibility index (Phi) is 5.34. The van der Waals surface area contributed by atoms with E-state index in [4.69, 9.17) is 0 Å². The van der Waals surface area contributed by atoms with E-state index >= 15 is 0 Å². The van der Waals surface area contributed by atoms with Crippen LogP contribution in [-0.4, -0.2) is 36.0 Å². The van der Waals surface area contributed by atoms with Crippen LogP contribution in [0.5, 0.6) is 0 Å². The standard InChI is InChI=1S/C17H23F3N2O/c1-11(14-4-6-15(7-5-14)17(18,19)20)10-16(23)22-9-8-21-12(2)13(22)3/h4-7,11-13,21H,8-10H2,1-3H3. The largest absolute Gasteiger partial charge is 0.416 e. The van der Waals surface area contributed by atoms with Gasteiger partial charge in [-0.2, -0.15) is 13.2 Å². The number of benzene rings is 1. The molecular formula is C17H23F3N2O. The van der Waals surface area contributed by atoms with Crippen LogP contribution < -0.4 is 5.32 Å². The molecule has 0 saturated carbocycles. The topological polar surface area (TPSA) is 32.3 Å². The highest BCUT2D eigenvalue weighted by atomic mass is 19.4. The second kappa shape index (κ2) is 6.91. The number of carbonyl (C=O) groups is 1. The van der Waals surface area contributed by atoms with Gasteiger partial charge in [-0.15, -0.1) is 0 Å². The molecule has 1 heterocycles. The van der Waals surface area contributed by atoms with Crippen molar-refractivity contribution in [3.63, 3.8) is 0 Å². The van der Waals surface area contributed by atoms with Crippen molar-refractivity contribution in [2.24, 2.45) is 0 Å². The number of rotatable bonds is 3. The molecule has 1 aromatic carbocycles. The molecule has 1 amide bonds. The molecule has 3 nitrogen and oxygen atoms in total. The molecule has 1 aromatic rings. The molecule has 1 aliphatic heterocycles. The summed E-state index contributed by atoms with van der Waals surface area (Å²) >= 11 is 0. The third kappa shape index (κ3) is 4.25. The molecule has 6 heteroatoms. The van der Waals surface area contributed by atoms with Crippen LogP contribution in [0.1, 0.15) is 44.2 Å². The van der Waals surface area contributed by atoms with Gasteiger partial charge in [0.2, 0.25) is 5.91 Å². The Morgan fingerprint density at radius 2 is 1.91 bits per heavy atom. The molecule has 1 aliphatic rings. The minimum Gasteiger partial charge on any atom is -0.337 e. The van der Waals surface area contributed by atoms with Crippen molar-refractivity contribution in [3.05, 3.63) is 35.4 Å². The van der Waals surface area contributed by atoms with Gasteiger partial charge in [-0.1, -0.05) is 19.1 Å². The summed E-state index contributed by atoms with van der Waals surface area (Å²) in [6, 6.07) is 5.44. The monoisotopic (exact) mass is 328 g/mol. The first-order chi connectivity index (χ1) is 10.7. The Labute approximate surface area is 134 Å². The second-order valence-corrected chi connectivity index (χ2v) is 6.30. The maximum Gasteiger partial charge on any atom is 0.416 e.